The Balaban J connectivity index is 1.74. The molecule has 1 aliphatic carbocycles. The van der Waals surface area contributed by atoms with Crippen molar-refractivity contribution >= 4 is 0 Å². The van der Waals surface area contributed by atoms with Crippen molar-refractivity contribution in [2.24, 2.45) is 5.92 Å². The van der Waals surface area contributed by atoms with Gasteiger partial charge in [0, 0.05) is 6.42 Å². The first kappa shape index (κ1) is 18.8. The van der Waals surface area contributed by atoms with E-state index in [1.54, 1.807) is 0 Å². The Bertz CT molecular complexity index is 696. The molecule has 0 unspecified atom stereocenters. The van der Waals surface area contributed by atoms with Crippen molar-refractivity contribution < 1.29 is 17.9 Å². The van der Waals surface area contributed by atoms with Gasteiger partial charge < -0.3 is 4.74 Å². The second-order valence-corrected chi connectivity index (χ2v) is 7.24. The highest BCUT2D eigenvalue weighted by atomic mass is 19.1. The minimum absolute atomic E-state index is 0.0433. The van der Waals surface area contributed by atoms with Gasteiger partial charge in [0.15, 0.2) is 17.4 Å². The molecular formula is C22H25F3O. The van der Waals surface area contributed by atoms with Crippen LogP contribution in [0.3, 0.4) is 0 Å². The molecule has 4 heteroatoms. The fraction of sp³-hybridized carbons (Fsp3) is 0.455. The Morgan fingerprint density at radius 3 is 2.12 bits per heavy atom. The quantitative estimate of drug-likeness (QED) is 0.522. The van der Waals surface area contributed by atoms with Crippen molar-refractivity contribution in [1.82, 2.24) is 0 Å². The summed E-state index contributed by atoms with van der Waals surface area (Å²) in [7, 11) is 0. The van der Waals surface area contributed by atoms with Crippen molar-refractivity contribution in [3.8, 4) is 16.9 Å². The lowest BCUT2D eigenvalue weighted by atomic mass is 9.79. The zero-order chi connectivity index (χ0) is 18.5. The van der Waals surface area contributed by atoms with Crippen LogP contribution in [0.2, 0.25) is 0 Å². The lowest BCUT2D eigenvalue weighted by Crippen LogP contribution is -2.10. The molecule has 0 saturated heterocycles. The number of rotatable bonds is 6. The van der Waals surface area contributed by atoms with E-state index in [1.165, 1.54) is 43.4 Å². The van der Waals surface area contributed by atoms with Gasteiger partial charge in [0.2, 0.25) is 0 Å². The first-order valence-electron chi connectivity index (χ1n) is 9.36. The third-order valence-electron chi connectivity index (χ3n) is 5.25. The van der Waals surface area contributed by atoms with Crippen LogP contribution in [0.4, 0.5) is 13.2 Å². The average Bonchev–Trinajstić information content (AvgIpc) is 2.65. The fourth-order valence-electron chi connectivity index (χ4n) is 3.63. The van der Waals surface area contributed by atoms with Gasteiger partial charge in [-0.1, -0.05) is 44.0 Å². The predicted molar refractivity (Wildman–Crippen MR) is 98.3 cm³/mol. The molecule has 0 aromatic heterocycles. The van der Waals surface area contributed by atoms with E-state index < -0.39 is 24.1 Å². The van der Waals surface area contributed by atoms with Crippen molar-refractivity contribution in [1.29, 1.82) is 0 Å². The third kappa shape index (κ3) is 4.40. The molecule has 0 N–H and O–H groups in total. The fourth-order valence-corrected chi connectivity index (χ4v) is 3.63. The Morgan fingerprint density at radius 2 is 1.54 bits per heavy atom. The molecule has 2 aromatic carbocycles. The van der Waals surface area contributed by atoms with E-state index in [0.29, 0.717) is 11.5 Å². The average molecular weight is 362 g/mol. The maximum Gasteiger partial charge on any atom is 0.190 e. The number of hydrogen-bond donors (Lipinski definition) is 0. The van der Waals surface area contributed by atoms with Crippen LogP contribution >= 0.6 is 0 Å². The summed E-state index contributed by atoms with van der Waals surface area (Å²) in [4.78, 5) is 0. The molecule has 0 spiro atoms. The zero-order valence-corrected chi connectivity index (χ0v) is 15.1. The van der Waals surface area contributed by atoms with Gasteiger partial charge >= 0.3 is 0 Å². The second-order valence-electron chi connectivity index (χ2n) is 7.24. The summed E-state index contributed by atoms with van der Waals surface area (Å²) >= 11 is 0. The van der Waals surface area contributed by atoms with E-state index in [0.717, 1.165) is 11.5 Å². The van der Waals surface area contributed by atoms with Crippen molar-refractivity contribution in [2.45, 2.75) is 44.9 Å². The molecule has 0 bridgehead atoms. The second kappa shape index (κ2) is 8.61. The molecule has 1 saturated carbocycles. The highest BCUT2D eigenvalue weighted by Gasteiger charge is 2.20. The molecule has 1 fully saturated rings. The Kier molecular flexibility index (Phi) is 6.23. The Labute approximate surface area is 153 Å². The SMILES string of the molecule is CC1CCC(c2ccc(-c3cc(F)c(OCCCF)c(F)c3)cc2)CC1. The zero-order valence-electron chi connectivity index (χ0n) is 15.1. The number of halogens is 3. The Morgan fingerprint density at radius 1 is 0.923 bits per heavy atom. The van der Waals surface area contributed by atoms with E-state index in [9.17, 15) is 13.2 Å². The number of benzene rings is 2. The van der Waals surface area contributed by atoms with Crippen LogP contribution in [0.1, 0.15) is 50.5 Å². The van der Waals surface area contributed by atoms with Crippen molar-refractivity contribution in [3.05, 3.63) is 53.6 Å². The van der Waals surface area contributed by atoms with Crippen LogP contribution in [0.5, 0.6) is 5.75 Å². The summed E-state index contributed by atoms with van der Waals surface area (Å²) in [5.74, 6) is -0.564. The van der Waals surface area contributed by atoms with Gasteiger partial charge in [-0.05, 0) is 53.5 Å². The number of hydrogen-bond acceptors (Lipinski definition) is 1. The molecule has 1 aliphatic rings. The monoisotopic (exact) mass is 362 g/mol. The van der Waals surface area contributed by atoms with Gasteiger partial charge in [-0.2, -0.15) is 0 Å². The van der Waals surface area contributed by atoms with Crippen molar-refractivity contribution in [2.75, 3.05) is 13.3 Å². The third-order valence-corrected chi connectivity index (χ3v) is 5.25. The highest BCUT2D eigenvalue weighted by molar-refractivity contribution is 5.65. The van der Waals surface area contributed by atoms with Crippen LogP contribution in [-0.4, -0.2) is 13.3 Å². The molecule has 2 aromatic rings. The van der Waals surface area contributed by atoms with Gasteiger partial charge in [0.25, 0.3) is 0 Å². The molecule has 0 aliphatic heterocycles. The molecular weight excluding hydrogens is 337 g/mol. The van der Waals surface area contributed by atoms with E-state index in [1.807, 2.05) is 12.1 Å². The van der Waals surface area contributed by atoms with E-state index >= 15 is 0 Å². The maximum atomic E-state index is 14.2. The van der Waals surface area contributed by atoms with Gasteiger partial charge in [0.05, 0.1) is 13.3 Å². The minimum atomic E-state index is -0.760. The molecule has 1 nitrogen and oxygen atoms in total. The molecule has 0 atom stereocenters. The minimum Gasteiger partial charge on any atom is -0.488 e. The molecule has 3 rings (SSSR count). The molecule has 26 heavy (non-hydrogen) atoms. The summed E-state index contributed by atoms with van der Waals surface area (Å²) in [6.45, 7) is 1.68. The molecule has 0 amide bonds. The van der Waals surface area contributed by atoms with Gasteiger partial charge in [-0.25, -0.2) is 8.78 Å². The summed E-state index contributed by atoms with van der Waals surface area (Å²) in [5.41, 5.74) is 2.54. The van der Waals surface area contributed by atoms with Gasteiger partial charge in [0.1, 0.15) is 0 Å². The maximum absolute atomic E-state index is 14.2. The smallest absolute Gasteiger partial charge is 0.190 e. The highest BCUT2D eigenvalue weighted by Crippen LogP contribution is 2.36. The van der Waals surface area contributed by atoms with Crippen LogP contribution in [0.25, 0.3) is 11.1 Å². The largest absolute Gasteiger partial charge is 0.488 e. The van der Waals surface area contributed by atoms with Crippen molar-refractivity contribution in [3.63, 3.8) is 0 Å². The van der Waals surface area contributed by atoms with Gasteiger partial charge in [-0.15, -0.1) is 0 Å². The topological polar surface area (TPSA) is 9.23 Å². The number of alkyl halides is 1. The summed E-state index contributed by atoms with van der Waals surface area (Å²) in [6, 6.07) is 10.5. The first-order valence-corrected chi connectivity index (χ1v) is 9.36. The van der Waals surface area contributed by atoms with Crippen LogP contribution in [-0.2, 0) is 0 Å². The van der Waals surface area contributed by atoms with E-state index in [-0.39, 0.29) is 13.0 Å². The lowest BCUT2D eigenvalue weighted by molar-refractivity contribution is 0.265. The summed E-state index contributed by atoms with van der Waals surface area (Å²) in [5, 5.41) is 0. The number of ether oxygens (including phenoxy) is 1. The normalized spacial score (nSPS) is 20.2. The van der Waals surface area contributed by atoms with E-state index in [2.05, 4.69) is 19.1 Å². The predicted octanol–water partition coefficient (Wildman–Crippen LogP) is 6.66. The molecule has 0 radical (unpaired) electrons. The molecule has 0 heterocycles. The standard InChI is InChI=1S/C22H25F3O/c1-15-3-5-16(6-4-15)17-7-9-18(10-8-17)19-13-20(24)22(21(25)14-19)26-12-2-11-23/h7-10,13-16H,2-6,11-12H2,1H3. The first-order chi connectivity index (χ1) is 12.6. The van der Waals surface area contributed by atoms with Crippen LogP contribution < -0.4 is 4.74 Å². The van der Waals surface area contributed by atoms with Crippen LogP contribution in [0, 0.1) is 17.6 Å². The molecule has 140 valence electrons. The Hall–Kier alpha value is -1.97. The summed E-state index contributed by atoms with van der Waals surface area (Å²) in [6.07, 6.45) is 5.03. The van der Waals surface area contributed by atoms with E-state index in [4.69, 9.17) is 4.74 Å². The van der Waals surface area contributed by atoms with Crippen LogP contribution in [0.15, 0.2) is 36.4 Å². The van der Waals surface area contributed by atoms with Gasteiger partial charge in [-0.3, -0.25) is 4.39 Å². The lowest BCUT2D eigenvalue weighted by Gasteiger charge is -2.26. The summed E-state index contributed by atoms with van der Waals surface area (Å²) < 4.78 is 45.5.